The highest BCUT2D eigenvalue weighted by Gasteiger charge is 2.47. The molecule has 2 N–H and O–H groups in total. The van der Waals surface area contributed by atoms with E-state index in [-0.39, 0.29) is 0 Å². The summed E-state index contributed by atoms with van der Waals surface area (Å²) in [5.41, 5.74) is 0. The van der Waals surface area contributed by atoms with Gasteiger partial charge in [0.15, 0.2) is 4.08 Å². The van der Waals surface area contributed by atoms with E-state index in [0.29, 0.717) is 10.7 Å². The van der Waals surface area contributed by atoms with Crippen molar-refractivity contribution in [2.45, 2.75) is 10.5 Å². The van der Waals surface area contributed by atoms with E-state index in [1.807, 2.05) is 11.4 Å². The number of hydrogen-bond acceptors (Lipinski definition) is 5. The topological polar surface area (TPSA) is 60.2 Å². The molecule has 1 aromatic rings. The second kappa shape index (κ2) is 3.81. The average Bonchev–Trinajstić information content (AvgIpc) is 2.69. The van der Waals surface area contributed by atoms with E-state index in [4.69, 9.17) is 5.14 Å². The lowest BCUT2D eigenvalue weighted by atomic mass is 10.2. The molecular formula is C8H9NO2S4. The highest BCUT2D eigenvalue weighted by Crippen LogP contribution is 2.54. The molecule has 1 aliphatic heterocycles. The molecule has 0 radical (unpaired) electrons. The van der Waals surface area contributed by atoms with Crippen molar-refractivity contribution in [3.63, 3.8) is 0 Å². The third-order valence-corrected chi connectivity index (χ3v) is 7.26. The van der Waals surface area contributed by atoms with Gasteiger partial charge in [0.1, 0.15) is 0 Å². The molecule has 0 aliphatic carbocycles. The molecule has 1 aromatic heterocycles. The van der Waals surface area contributed by atoms with Crippen LogP contribution in [0.25, 0.3) is 0 Å². The summed E-state index contributed by atoms with van der Waals surface area (Å²) in [4.78, 5) is 0.760. The maximum Gasteiger partial charge on any atom is 0.230 e. The molecular weight excluding hydrogens is 270 g/mol. The van der Waals surface area contributed by atoms with Crippen LogP contribution in [0, 0.1) is 0 Å². The quantitative estimate of drug-likeness (QED) is 0.815. The number of thiophene rings is 1. The highest BCUT2D eigenvalue weighted by molar-refractivity contribution is 8.22. The number of hydrogen-bond donors (Lipinski definition) is 2. The first kappa shape index (κ1) is 11.5. The lowest BCUT2D eigenvalue weighted by molar-refractivity contribution is 0.579. The number of allylic oxidation sites excluding steroid dienone is 1. The Morgan fingerprint density at radius 2 is 2.27 bits per heavy atom. The molecule has 1 atom stereocenters. The highest BCUT2D eigenvalue weighted by atomic mass is 32.3. The minimum absolute atomic E-state index is 0.385. The van der Waals surface area contributed by atoms with Crippen LogP contribution in [0.2, 0.25) is 0 Å². The number of thioether (sulfide) groups is 1. The van der Waals surface area contributed by atoms with Crippen LogP contribution in [0.5, 0.6) is 0 Å². The van der Waals surface area contributed by atoms with Gasteiger partial charge in [-0.05, 0) is 11.4 Å². The Morgan fingerprint density at radius 3 is 2.67 bits per heavy atom. The molecule has 0 saturated carbocycles. The number of sulfonamides is 1. The van der Waals surface area contributed by atoms with Gasteiger partial charge in [-0.2, -0.15) is 0 Å². The first-order chi connectivity index (χ1) is 6.96. The van der Waals surface area contributed by atoms with Crippen LogP contribution in [0.1, 0.15) is 11.3 Å². The van der Waals surface area contributed by atoms with Gasteiger partial charge in [0.2, 0.25) is 10.0 Å². The molecule has 0 fully saturated rings. The van der Waals surface area contributed by atoms with Crippen LogP contribution < -0.4 is 5.14 Å². The van der Waals surface area contributed by atoms with Gasteiger partial charge in [-0.3, -0.25) is 0 Å². The van der Waals surface area contributed by atoms with Crippen molar-refractivity contribution in [2.75, 3.05) is 0 Å². The lowest BCUT2D eigenvalue weighted by Gasteiger charge is -2.24. The predicted molar refractivity (Wildman–Crippen MR) is 68.4 cm³/mol. The van der Waals surface area contributed by atoms with E-state index in [1.54, 1.807) is 12.1 Å². The van der Waals surface area contributed by atoms with Gasteiger partial charge in [-0.25, -0.2) is 13.6 Å². The molecule has 1 aliphatic rings. The lowest BCUT2D eigenvalue weighted by Crippen LogP contribution is -2.35. The van der Waals surface area contributed by atoms with Gasteiger partial charge < -0.3 is 0 Å². The third kappa shape index (κ3) is 1.87. The molecule has 0 unspecified atom stereocenters. The summed E-state index contributed by atoms with van der Waals surface area (Å²) in [6.45, 7) is 0. The van der Waals surface area contributed by atoms with E-state index in [9.17, 15) is 8.42 Å². The van der Waals surface area contributed by atoms with Crippen molar-refractivity contribution in [2.24, 2.45) is 5.14 Å². The van der Waals surface area contributed by atoms with Crippen LogP contribution in [-0.4, -0.2) is 8.42 Å². The Kier molecular flexibility index (Phi) is 2.93. The average molecular weight is 279 g/mol. The molecule has 0 spiro atoms. The summed E-state index contributed by atoms with van der Waals surface area (Å²) in [7, 11) is -3.65. The summed E-state index contributed by atoms with van der Waals surface area (Å²) in [5.74, 6) is 0. The number of nitrogens with two attached hydrogens (primary N) is 1. The molecule has 2 rings (SSSR count). The summed E-state index contributed by atoms with van der Waals surface area (Å²) in [6, 6.07) is 3.62. The van der Waals surface area contributed by atoms with Gasteiger partial charge in [-0.1, -0.05) is 23.9 Å². The Bertz CT molecular complexity index is 491. The fourth-order valence-corrected chi connectivity index (χ4v) is 5.90. The van der Waals surface area contributed by atoms with Crippen molar-refractivity contribution in [3.8, 4) is 0 Å². The molecule has 0 amide bonds. The summed E-state index contributed by atoms with van der Waals surface area (Å²) < 4.78 is 23.0. The molecule has 3 nitrogen and oxygen atoms in total. The van der Waals surface area contributed by atoms with Gasteiger partial charge in [-0.15, -0.1) is 24.0 Å². The first-order valence-corrected chi connectivity index (χ1v) is 7.79. The fraction of sp³-hybridized carbons (Fsp3) is 0.250. The van der Waals surface area contributed by atoms with Gasteiger partial charge in [0, 0.05) is 15.5 Å². The van der Waals surface area contributed by atoms with Crippen LogP contribution in [0.4, 0.5) is 0 Å². The standard InChI is InChI=1S/C8H9NO2S4/c9-15(10,11)8(4-3-7(12)14-8)6-2-1-5-13-6/h1-3,5,12H,4H2,(H2,9,10,11)/t8-/m1/s1. The first-order valence-electron chi connectivity index (χ1n) is 4.10. The summed E-state index contributed by atoms with van der Waals surface area (Å²) in [5, 5.41) is 7.17. The second-order valence-corrected chi connectivity index (χ2v) is 8.24. The Labute approximate surface area is 102 Å². The molecule has 15 heavy (non-hydrogen) atoms. The number of primary sulfonamides is 1. The fourth-order valence-electron chi connectivity index (χ4n) is 1.43. The van der Waals surface area contributed by atoms with E-state index in [1.165, 1.54) is 23.1 Å². The van der Waals surface area contributed by atoms with Crippen molar-refractivity contribution in [1.29, 1.82) is 0 Å². The van der Waals surface area contributed by atoms with Crippen molar-refractivity contribution < 1.29 is 8.42 Å². The maximum atomic E-state index is 11.7. The van der Waals surface area contributed by atoms with Crippen molar-refractivity contribution >= 4 is 45.8 Å². The van der Waals surface area contributed by atoms with E-state index >= 15 is 0 Å². The minimum atomic E-state index is -3.65. The molecule has 0 bridgehead atoms. The van der Waals surface area contributed by atoms with Crippen molar-refractivity contribution in [3.05, 3.63) is 32.7 Å². The SMILES string of the molecule is NS(=O)(=O)[C@@]1(c2cccs2)CC=C(S)S1. The Balaban J connectivity index is 2.53. The number of rotatable bonds is 2. The van der Waals surface area contributed by atoms with E-state index < -0.39 is 14.1 Å². The second-order valence-electron chi connectivity index (χ2n) is 3.12. The number of thiol groups is 1. The summed E-state index contributed by atoms with van der Waals surface area (Å²) in [6.07, 6.45) is 2.17. The zero-order chi connectivity index (χ0) is 11.1. The molecule has 82 valence electrons. The largest absolute Gasteiger partial charge is 0.230 e. The predicted octanol–water partition coefficient (Wildman–Crippen LogP) is 2.10. The maximum absolute atomic E-state index is 11.7. The van der Waals surface area contributed by atoms with Crippen LogP contribution >= 0.6 is 35.7 Å². The monoisotopic (exact) mass is 279 g/mol. The van der Waals surface area contributed by atoms with Crippen LogP contribution in [0.3, 0.4) is 0 Å². The van der Waals surface area contributed by atoms with Gasteiger partial charge in [0.25, 0.3) is 0 Å². The normalized spacial score (nSPS) is 26.7. The van der Waals surface area contributed by atoms with Crippen LogP contribution in [-0.2, 0) is 14.1 Å². The van der Waals surface area contributed by atoms with Crippen LogP contribution in [0.15, 0.2) is 27.8 Å². The smallest absolute Gasteiger partial charge is 0.227 e. The Hall–Kier alpha value is 0.0500. The minimum Gasteiger partial charge on any atom is -0.227 e. The van der Waals surface area contributed by atoms with Gasteiger partial charge in [0.05, 0.1) is 0 Å². The summed E-state index contributed by atoms with van der Waals surface area (Å²) >= 11 is 6.78. The van der Waals surface area contributed by atoms with Gasteiger partial charge >= 0.3 is 0 Å². The van der Waals surface area contributed by atoms with Crippen molar-refractivity contribution in [1.82, 2.24) is 0 Å². The molecule has 0 saturated heterocycles. The van der Waals surface area contributed by atoms with E-state index in [0.717, 1.165) is 4.88 Å². The zero-order valence-electron chi connectivity index (χ0n) is 7.58. The Morgan fingerprint density at radius 1 is 1.53 bits per heavy atom. The molecule has 2 heterocycles. The zero-order valence-corrected chi connectivity index (χ0v) is 10.9. The van der Waals surface area contributed by atoms with E-state index in [2.05, 4.69) is 12.6 Å². The molecule has 0 aromatic carbocycles. The third-order valence-electron chi connectivity index (χ3n) is 2.17. The molecule has 7 heteroatoms.